The second kappa shape index (κ2) is 5.19. The van der Waals surface area contributed by atoms with Gasteiger partial charge in [-0.05, 0) is 25.5 Å². The minimum absolute atomic E-state index is 0.110. The summed E-state index contributed by atoms with van der Waals surface area (Å²) in [5.41, 5.74) is 3.28. The van der Waals surface area contributed by atoms with Crippen LogP contribution in [-0.2, 0) is 5.41 Å². The van der Waals surface area contributed by atoms with E-state index in [0.717, 1.165) is 16.8 Å². The van der Waals surface area contributed by atoms with Crippen molar-refractivity contribution in [2.75, 3.05) is 0 Å². The fraction of sp³-hybridized carbons (Fsp3) is 0.375. The van der Waals surface area contributed by atoms with Crippen molar-refractivity contribution in [3.63, 3.8) is 0 Å². The molecule has 2 rings (SSSR count). The third-order valence-corrected chi connectivity index (χ3v) is 3.68. The third kappa shape index (κ3) is 2.81. The molecule has 4 nitrogen and oxygen atoms in total. The lowest BCUT2D eigenvalue weighted by Gasteiger charge is -2.22. The fourth-order valence-electron chi connectivity index (χ4n) is 2.40. The molecule has 0 aliphatic heterocycles. The highest BCUT2D eigenvalue weighted by Gasteiger charge is 2.30. The number of halogens is 1. The fourth-order valence-corrected chi connectivity index (χ4v) is 2.88. The molecule has 1 N–H and O–H groups in total. The van der Waals surface area contributed by atoms with E-state index < -0.39 is 5.97 Å². The summed E-state index contributed by atoms with van der Waals surface area (Å²) in [7, 11) is 0. The molecule has 0 fully saturated rings. The minimum Gasteiger partial charge on any atom is -0.476 e. The highest BCUT2D eigenvalue weighted by molar-refractivity contribution is 6.34. The normalized spacial score (nSPS) is 11.7. The Hall–Kier alpha value is -1.81. The summed E-state index contributed by atoms with van der Waals surface area (Å²) in [4.78, 5) is 11.3. The Kier molecular flexibility index (Phi) is 3.85. The zero-order valence-corrected chi connectivity index (χ0v) is 13.6. The number of carbonyl (C=O) groups is 1. The predicted molar refractivity (Wildman–Crippen MR) is 83.7 cm³/mol. The molecule has 1 heterocycles. The quantitative estimate of drug-likeness (QED) is 0.907. The largest absolute Gasteiger partial charge is 0.476 e. The van der Waals surface area contributed by atoms with Crippen molar-refractivity contribution in [2.45, 2.75) is 40.0 Å². The summed E-state index contributed by atoms with van der Waals surface area (Å²) in [5, 5.41) is 13.7. The van der Waals surface area contributed by atoms with E-state index in [0.29, 0.717) is 5.69 Å². The van der Waals surface area contributed by atoms with Crippen molar-refractivity contribution in [3.05, 3.63) is 45.7 Å². The van der Waals surface area contributed by atoms with Gasteiger partial charge in [0.2, 0.25) is 0 Å². The van der Waals surface area contributed by atoms with Crippen LogP contribution in [0.5, 0.6) is 0 Å². The third-order valence-electron chi connectivity index (χ3n) is 3.32. The van der Waals surface area contributed by atoms with Gasteiger partial charge in [0.1, 0.15) is 0 Å². The first-order valence-electron chi connectivity index (χ1n) is 6.73. The molecule has 0 spiro atoms. The van der Waals surface area contributed by atoms with Crippen LogP contribution in [0, 0.1) is 13.8 Å². The summed E-state index contributed by atoms with van der Waals surface area (Å²) in [6.45, 7) is 9.95. The average molecular weight is 307 g/mol. The van der Waals surface area contributed by atoms with Gasteiger partial charge in [-0.25, -0.2) is 9.48 Å². The maximum atomic E-state index is 11.3. The van der Waals surface area contributed by atoms with Crippen LogP contribution in [0.2, 0.25) is 5.02 Å². The Morgan fingerprint density at radius 3 is 2.38 bits per heavy atom. The van der Waals surface area contributed by atoms with Gasteiger partial charge in [-0.2, -0.15) is 5.10 Å². The first-order chi connectivity index (χ1) is 9.62. The lowest BCUT2D eigenvalue weighted by molar-refractivity contribution is 0.0690. The molecule has 5 heteroatoms. The SMILES string of the molecule is Cc1ccc(-n2nc(C(=O)O)c(Cl)c2C(C)(C)C)c(C)c1. The monoisotopic (exact) mass is 306 g/mol. The Balaban J connectivity index is 2.79. The van der Waals surface area contributed by atoms with Gasteiger partial charge in [0, 0.05) is 5.41 Å². The Morgan fingerprint density at radius 1 is 1.29 bits per heavy atom. The van der Waals surface area contributed by atoms with Crippen LogP contribution in [0.4, 0.5) is 0 Å². The molecule has 1 aromatic heterocycles. The van der Waals surface area contributed by atoms with Crippen LogP contribution >= 0.6 is 11.6 Å². The van der Waals surface area contributed by atoms with E-state index in [1.807, 2.05) is 52.8 Å². The van der Waals surface area contributed by atoms with E-state index in [1.54, 1.807) is 4.68 Å². The molecule has 0 radical (unpaired) electrons. The first-order valence-corrected chi connectivity index (χ1v) is 7.10. The zero-order valence-electron chi connectivity index (χ0n) is 12.9. The zero-order chi connectivity index (χ0) is 15.9. The van der Waals surface area contributed by atoms with E-state index in [9.17, 15) is 9.90 Å². The molecule has 0 amide bonds. The maximum absolute atomic E-state index is 11.3. The van der Waals surface area contributed by atoms with Crippen molar-refractivity contribution >= 4 is 17.6 Å². The van der Waals surface area contributed by atoms with E-state index in [2.05, 4.69) is 5.10 Å². The summed E-state index contributed by atoms with van der Waals surface area (Å²) < 4.78 is 1.65. The Labute approximate surface area is 129 Å². The molecule has 0 aliphatic rings. The van der Waals surface area contributed by atoms with Gasteiger partial charge in [-0.1, -0.05) is 50.1 Å². The molecule has 0 saturated heterocycles. The van der Waals surface area contributed by atoms with Crippen LogP contribution < -0.4 is 0 Å². The lowest BCUT2D eigenvalue weighted by Crippen LogP contribution is -2.18. The molecular weight excluding hydrogens is 288 g/mol. The number of hydrogen-bond acceptors (Lipinski definition) is 2. The van der Waals surface area contributed by atoms with Crippen LogP contribution in [0.3, 0.4) is 0 Å². The van der Waals surface area contributed by atoms with Crippen LogP contribution in [0.1, 0.15) is 48.1 Å². The van der Waals surface area contributed by atoms with E-state index in [4.69, 9.17) is 11.6 Å². The van der Waals surface area contributed by atoms with Crippen LogP contribution in [0.15, 0.2) is 18.2 Å². The van der Waals surface area contributed by atoms with Crippen molar-refractivity contribution < 1.29 is 9.90 Å². The number of nitrogens with zero attached hydrogens (tertiary/aromatic N) is 2. The summed E-state index contributed by atoms with van der Waals surface area (Å²) in [5.74, 6) is -1.12. The van der Waals surface area contributed by atoms with Crippen molar-refractivity contribution in [3.8, 4) is 5.69 Å². The van der Waals surface area contributed by atoms with Gasteiger partial charge < -0.3 is 5.11 Å². The van der Waals surface area contributed by atoms with Gasteiger partial charge in [-0.15, -0.1) is 0 Å². The number of carboxylic acid groups (broad SMARTS) is 1. The molecular formula is C16H19ClN2O2. The number of benzene rings is 1. The standard InChI is InChI=1S/C16H19ClN2O2/c1-9-6-7-11(10(2)8-9)19-14(16(3,4)5)12(17)13(18-19)15(20)21/h6-8H,1-5H3,(H,20,21). The van der Waals surface area contributed by atoms with Gasteiger partial charge in [0.15, 0.2) is 5.69 Å². The van der Waals surface area contributed by atoms with Gasteiger partial charge in [0.25, 0.3) is 0 Å². The average Bonchev–Trinajstić information content (AvgIpc) is 2.66. The molecule has 0 unspecified atom stereocenters. The smallest absolute Gasteiger partial charge is 0.358 e. The van der Waals surface area contributed by atoms with Crippen molar-refractivity contribution in [1.29, 1.82) is 0 Å². The highest BCUT2D eigenvalue weighted by Crippen LogP contribution is 2.34. The highest BCUT2D eigenvalue weighted by atomic mass is 35.5. The second-order valence-corrected chi connectivity index (χ2v) is 6.65. The Morgan fingerprint density at radius 2 is 1.90 bits per heavy atom. The van der Waals surface area contributed by atoms with Gasteiger partial charge in [0.05, 0.1) is 16.4 Å². The van der Waals surface area contributed by atoms with Gasteiger partial charge in [-0.3, -0.25) is 0 Å². The summed E-state index contributed by atoms with van der Waals surface area (Å²) >= 11 is 6.28. The molecule has 0 bridgehead atoms. The molecule has 0 aliphatic carbocycles. The number of carboxylic acids is 1. The molecule has 21 heavy (non-hydrogen) atoms. The second-order valence-electron chi connectivity index (χ2n) is 6.27. The first kappa shape index (κ1) is 15.6. The van der Waals surface area contributed by atoms with Crippen LogP contribution in [0.25, 0.3) is 5.69 Å². The molecule has 0 saturated carbocycles. The topological polar surface area (TPSA) is 55.1 Å². The number of hydrogen-bond donors (Lipinski definition) is 1. The Bertz CT molecular complexity index is 712. The van der Waals surface area contributed by atoms with Gasteiger partial charge >= 0.3 is 5.97 Å². The van der Waals surface area contributed by atoms with Crippen LogP contribution in [-0.4, -0.2) is 20.9 Å². The molecule has 0 atom stereocenters. The van der Waals surface area contributed by atoms with E-state index in [-0.39, 0.29) is 16.1 Å². The van der Waals surface area contributed by atoms with E-state index in [1.165, 1.54) is 0 Å². The van der Waals surface area contributed by atoms with Crippen molar-refractivity contribution in [1.82, 2.24) is 9.78 Å². The van der Waals surface area contributed by atoms with E-state index >= 15 is 0 Å². The molecule has 2 aromatic rings. The lowest BCUT2D eigenvalue weighted by atomic mass is 9.91. The van der Waals surface area contributed by atoms with Crippen molar-refractivity contribution in [2.24, 2.45) is 0 Å². The molecule has 112 valence electrons. The minimum atomic E-state index is -1.12. The number of aryl methyl sites for hydroxylation is 2. The summed E-state index contributed by atoms with van der Waals surface area (Å²) in [6.07, 6.45) is 0. The number of aromatic carboxylic acids is 1. The number of rotatable bonds is 2. The maximum Gasteiger partial charge on any atom is 0.358 e. The predicted octanol–water partition coefficient (Wildman–Crippen LogP) is 4.14. The molecule has 1 aromatic carbocycles. The number of aromatic nitrogens is 2. The summed E-state index contributed by atoms with van der Waals surface area (Å²) in [6, 6.07) is 5.96.